The van der Waals surface area contributed by atoms with Crippen LogP contribution < -0.4 is 5.32 Å². The van der Waals surface area contributed by atoms with Crippen LogP contribution in [-0.2, 0) is 0 Å². The molecule has 5 nitrogen and oxygen atoms in total. The van der Waals surface area contributed by atoms with Gasteiger partial charge in [0.2, 0.25) is 0 Å². The highest BCUT2D eigenvalue weighted by atomic mass is 79.9. The molecule has 0 unspecified atom stereocenters. The van der Waals surface area contributed by atoms with Gasteiger partial charge in [-0.25, -0.2) is 9.97 Å². The second-order valence-electron chi connectivity index (χ2n) is 5.59. The molecule has 7 heteroatoms. The SMILES string of the molecule is O=C(Nc1ccc(-n2cnc3ccccc32)nc1)c1cc(Br)ccc1Cl. The molecule has 0 saturated heterocycles. The summed E-state index contributed by atoms with van der Waals surface area (Å²) in [5.41, 5.74) is 2.85. The van der Waals surface area contributed by atoms with E-state index in [4.69, 9.17) is 11.6 Å². The van der Waals surface area contributed by atoms with Gasteiger partial charge in [0.05, 0.1) is 33.5 Å². The summed E-state index contributed by atoms with van der Waals surface area (Å²) < 4.78 is 2.68. The Hall–Kier alpha value is -2.70. The molecule has 26 heavy (non-hydrogen) atoms. The summed E-state index contributed by atoms with van der Waals surface area (Å²) in [5, 5.41) is 3.19. The van der Waals surface area contributed by atoms with E-state index in [9.17, 15) is 4.79 Å². The summed E-state index contributed by atoms with van der Waals surface area (Å²) in [7, 11) is 0. The molecule has 0 saturated carbocycles. The van der Waals surface area contributed by atoms with Crippen LogP contribution in [0.4, 0.5) is 5.69 Å². The second-order valence-corrected chi connectivity index (χ2v) is 6.91. The predicted octanol–water partition coefficient (Wildman–Crippen LogP) is 5.09. The summed E-state index contributed by atoms with van der Waals surface area (Å²) >= 11 is 9.44. The number of halogens is 2. The van der Waals surface area contributed by atoms with Gasteiger partial charge >= 0.3 is 0 Å². The zero-order valence-electron chi connectivity index (χ0n) is 13.4. The molecule has 4 rings (SSSR count). The van der Waals surface area contributed by atoms with Crippen LogP contribution in [0.15, 0.2) is 71.6 Å². The molecule has 0 bridgehead atoms. The van der Waals surface area contributed by atoms with E-state index in [0.29, 0.717) is 16.3 Å². The van der Waals surface area contributed by atoms with Crippen LogP contribution in [0.5, 0.6) is 0 Å². The zero-order valence-corrected chi connectivity index (χ0v) is 15.7. The van der Waals surface area contributed by atoms with E-state index in [1.165, 1.54) is 0 Å². The van der Waals surface area contributed by atoms with Crippen molar-refractivity contribution in [3.05, 3.63) is 82.2 Å². The van der Waals surface area contributed by atoms with Gasteiger partial charge in [0.15, 0.2) is 0 Å². The van der Waals surface area contributed by atoms with Crippen LogP contribution in [0.1, 0.15) is 10.4 Å². The number of para-hydroxylation sites is 2. The molecule has 0 atom stereocenters. The van der Waals surface area contributed by atoms with Crippen LogP contribution >= 0.6 is 27.5 Å². The number of fused-ring (bicyclic) bond motifs is 1. The van der Waals surface area contributed by atoms with Crippen molar-refractivity contribution in [1.82, 2.24) is 14.5 Å². The third kappa shape index (κ3) is 3.21. The van der Waals surface area contributed by atoms with Crippen molar-refractivity contribution in [2.24, 2.45) is 0 Å². The number of anilines is 1. The summed E-state index contributed by atoms with van der Waals surface area (Å²) in [6.07, 6.45) is 3.33. The molecule has 0 aliphatic carbocycles. The molecule has 4 aromatic rings. The van der Waals surface area contributed by atoms with E-state index >= 15 is 0 Å². The minimum atomic E-state index is -0.293. The van der Waals surface area contributed by atoms with Crippen LogP contribution in [0.2, 0.25) is 5.02 Å². The molecule has 1 N–H and O–H groups in total. The molecule has 0 fully saturated rings. The maximum atomic E-state index is 12.4. The topological polar surface area (TPSA) is 59.8 Å². The Balaban J connectivity index is 1.58. The number of nitrogens with zero attached hydrogens (tertiary/aromatic N) is 3. The highest BCUT2D eigenvalue weighted by Gasteiger charge is 2.12. The highest BCUT2D eigenvalue weighted by molar-refractivity contribution is 9.10. The number of imidazole rings is 1. The molecule has 0 aliphatic rings. The molecule has 128 valence electrons. The van der Waals surface area contributed by atoms with Crippen molar-refractivity contribution in [3.63, 3.8) is 0 Å². The maximum Gasteiger partial charge on any atom is 0.257 e. The molecule has 0 aliphatic heterocycles. The number of benzene rings is 2. The van der Waals surface area contributed by atoms with Gasteiger partial charge in [-0.3, -0.25) is 9.36 Å². The zero-order chi connectivity index (χ0) is 18.1. The van der Waals surface area contributed by atoms with Gasteiger partial charge in [-0.1, -0.05) is 39.7 Å². The molecule has 2 heterocycles. The molecule has 1 amide bonds. The first-order valence-corrected chi connectivity index (χ1v) is 8.94. The predicted molar refractivity (Wildman–Crippen MR) is 106 cm³/mol. The molecular formula is C19H12BrClN4O. The molecule has 2 aromatic carbocycles. The summed E-state index contributed by atoms with van der Waals surface area (Å²) in [6.45, 7) is 0. The van der Waals surface area contributed by atoms with Gasteiger partial charge in [-0.15, -0.1) is 0 Å². The Bertz CT molecular complexity index is 1110. The Morgan fingerprint density at radius 2 is 1.92 bits per heavy atom. The average Bonchev–Trinajstić information content (AvgIpc) is 3.08. The number of amides is 1. The summed E-state index contributed by atoms with van der Waals surface area (Å²) in [5.74, 6) is 0.427. The molecular weight excluding hydrogens is 416 g/mol. The monoisotopic (exact) mass is 426 g/mol. The van der Waals surface area contributed by atoms with Crippen LogP contribution in [0.3, 0.4) is 0 Å². The van der Waals surface area contributed by atoms with E-state index in [1.807, 2.05) is 34.9 Å². The Kier molecular flexibility index (Phi) is 4.44. The van der Waals surface area contributed by atoms with E-state index in [-0.39, 0.29) is 5.91 Å². The van der Waals surface area contributed by atoms with Crippen LogP contribution in [-0.4, -0.2) is 20.4 Å². The molecule has 0 radical (unpaired) electrons. The van der Waals surface area contributed by atoms with Crippen LogP contribution in [0.25, 0.3) is 16.9 Å². The minimum Gasteiger partial charge on any atom is -0.321 e. The summed E-state index contributed by atoms with van der Waals surface area (Å²) in [6, 6.07) is 16.6. The Labute approximate surface area is 162 Å². The lowest BCUT2D eigenvalue weighted by Gasteiger charge is -2.08. The Morgan fingerprint density at radius 3 is 2.73 bits per heavy atom. The summed E-state index contributed by atoms with van der Waals surface area (Å²) in [4.78, 5) is 21.2. The number of carbonyl (C=O) groups is 1. The first kappa shape index (κ1) is 16.8. The number of hydrogen-bond donors (Lipinski definition) is 1. The maximum absolute atomic E-state index is 12.4. The number of rotatable bonds is 3. The quantitative estimate of drug-likeness (QED) is 0.495. The van der Waals surface area contributed by atoms with Crippen molar-refractivity contribution < 1.29 is 4.79 Å². The van der Waals surface area contributed by atoms with Crippen molar-refractivity contribution in [3.8, 4) is 5.82 Å². The van der Waals surface area contributed by atoms with E-state index in [2.05, 4.69) is 31.2 Å². The number of nitrogens with one attached hydrogen (secondary N) is 1. The normalized spacial score (nSPS) is 10.8. The van der Waals surface area contributed by atoms with Gasteiger partial charge in [0, 0.05) is 4.47 Å². The average molecular weight is 428 g/mol. The number of aromatic nitrogens is 3. The van der Waals surface area contributed by atoms with Crippen LogP contribution in [0, 0.1) is 0 Å². The first-order chi connectivity index (χ1) is 12.6. The molecule has 2 aromatic heterocycles. The third-order valence-corrected chi connectivity index (χ3v) is 4.70. The highest BCUT2D eigenvalue weighted by Crippen LogP contribution is 2.22. The van der Waals surface area contributed by atoms with Gasteiger partial charge < -0.3 is 5.32 Å². The Morgan fingerprint density at radius 1 is 1.08 bits per heavy atom. The fraction of sp³-hybridized carbons (Fsp3) is 0. The standard InChI is InChI=1S/C19H12BrClN4O/c20-12-5-7-15(21)14(9-12)19(26)24-13-6-8-18(22-10-13)25-11-23-16-3-1-2-4-17(16)25/h1-11H,(H,24,26). The van der Waals surface area contributed by atoms with Crippen molar-refractivity contribution in [2.45, 2.75) is 0 Å². The van der Waals surface area contributed by atoms with Gasteiger partial charge in [-0.05, 0) is 42.5 Å². The largest absolute Gasteiger partial charge is 0.321 e. The lowest BCUT2D eigenvalue weighted by molar-refractivity contribution is 0.102. The second kappa shape index (κ2) is 6.90. The number of hydrogen-bond acceptors (Lipinski definition) is 3. The molecule has 0 spiro atoms. The van der Waals surface area contributed by atoms with E-state index < -0.39 is 0 Å². The van der Waals surface area contributed by atoms with Crippen molar-refractivity contribution in [2.75, 3.05) is 5.32 Å². The van der Waals surface area contributed by atoms with E-state index in [1.54, 1.807) is 36.8 Å². The number of pyridine rings is 1. The van der Waals surface area contributed by atoms with Gasteiger partial charge in [0.25, 0.3) is 5.91 Å². The van der Waals surface area contributed by atoms with Crippen molar-refractivity contribution in [1.29, 1.82) is 0 Å². The number of carbonyl (C=O) groups excluding carboxylic acids is 1. The smallest absolute Gasteiger partial charge is 0.257 e. The first-order valence-electron chi connectivity index (χ1n) is 7.77. The van der Waals surface area contributed by atoms with E-state index in [0.717, 1.165) is 21.3 Å². The van der Waals surface area contributed by atoms with Gasteiger partial charge in [-0.2, -0.15) is 0 Å². The fourth-order valence-electron chi connectivity index (χ4n) is 2.61. The minimum absolute atomic E-state index is 0.293. The van der Waals surface area contributed by atoms with Gasteiger partial charge in [0.1, 0.15) is 12.1 Å². The third-order valence-electron chi connectivity index (χ3n) is 3.88. The lowest BCUT2D eigenvalue weighted by Crippen LogP contribution is -2.13. The lowest BCUT2D eigenvalue weighted by atomic mass is 10.2. The van der Waals surface area contributed by atoms with Crippen molar-refractivity contribution >= 4 is 50.2 Å². The fourth-order valence-corrected chi connectivity index (χ4v) is 3.18.